The molecule has 6 nitrogen and oxygen atoms in total. The van der Waals surface area contributed by atoms with Crippen LogP contribution in [-0.2, 0) is 9.59 Å². The van der Waals surface area contributed by atoms with E-state index in [1.807, 2.05) is 0 Å². The molecule has 138 valence electrons. The molecular weight excluding hydrogens is 377 g/mol. The largest absolute Gasteiger partial charge is 0.495 e. The minimum Gasteiger partial charge on any atom is -0.495 e. The van der Waals surface area contributed by atoms with Gasteiger partial charge in [0, 0.05) is 15.7 Å². The molecule has 0 aliphatic heterocycles. The third kappa shape index (κ3) is 6.22. The highest BCUT2D eigenvalue weighted by atomic mass is 35.5. The number of nitrogens with zero attached hydrogens (tertiary/aromatic N) is 1. The second-order valence-corrected chi connectivity index (χ2v) is 6.50. The van der Waals surface area contributed by atoms with Crippen molar-refractivity contribution >= 4 is 46.4 Å². The van der Waals surface area contributed by atoms with E-state index >= 15 is 0 Å². The zero-order chi connectivity index (χ0) is 19.1. The van der Waals surface area contributed by atoms with Gasteiger partial charge in [-0.2, -0.15) is 0 Å². The summed E-state index contributed by atoms with van der Waals surface area (Å²) in [5.41, 5.74) is 1.07. The molecule has 0 saturated carbocycles. The van der Waals surface area contributed by atoms with Crippen LogP contribution in [0.25, 0.3) is 0 Å². The molecule has 2 aromatic carbocycles. The van der Waals surface area contributed by atoms with Crippen molar-refractivity contribution in [2.24, 2.45) is 0 Å². The molecule has 2 N–H and O–H groups in total. The van der Waals surface area contributed by atoms with Crippen molar-refractivity contribution in [2.75, 3.05) is 37.9 Å². The highest BCUT2D eigenvalue weighted by Gasteiger charge is 2.13. The lowest BCUT2D eigenvalue weighted by Gasteiger charge is -2.17. The quantitative estimate of drug-likeness (QED) is 0.752. The molecule has 26 heavy (non-hydrogen) atoms. The van der Waals surface area contributed by atoms with Crippen LogP contribution in [0.5, 0.6) is 5.75 Å². The van der Waals surface area contributed by atoms with Crippen LogP contribution in [0.3, 0.4) is 0 Å². The molecule has 0 aliphatic rings. The summed E-state index contributed by atoms with van der Waals surface area (Å²) in [6.07, 6.45) is 0. The molecule has 0 aromatic heterocycles. The Morgan fingerprint density at radius 1 is 1.00 bits per heavy atom. The predicted octanol–water partition coefficient (Wildman–Crippen LogP) is 3.51. The van der Waals surface area contributed by atoms with Crippen molar-refractivity contribution in [3.05, 3.63) is 52.5 Å². The molecule has 2 aromatic rings. The first-order valence-electron chi connectivity index (χ1n) is 7.74. The highest BCUT2D eigenvalue weighted by molar-refractivity contribution is 6.31. The fourth-order valence-corrected chi connectivity index (χ4v) is 2.64. The Hall–Kier alpha value is -2.28. The maximum absolute atomic E-state index is 12.2. The van der Waals surface area contributed by atoms with Crippen molar-refractivity contribution in [3.63, 3.8) is 0 Å². The average molecular weight is 396 g/mol. The second kappa shape index (κ2) is 9.43. The topological polar surface area (TPSA) is 70.7 Å². The molecular formula is C18H19Cl2N3O3. The number of carbonyl (C=O) groups is 2. The molecule has 0 bridgehead atoms. The molecule has 0 spiro atoms. The van der Waals surface area contributed by atoms with Gasteiger partial charge in [0.2, 0.25) is 11.8 Å². The summed E-state index contributed by atoms with van der Waals surface area (Å²) >= 11 is 11.8. The van der Waals surface area contributed by atoms with Crippen LogP contribution in [-0.4, -0.2) is 44.0 Å². The van der Waals surface area contributed by atoms with Crippen molar-refractivity contribution in [2.45, 2.75) is 0 Å². The number of halogens is 2. The standard InChI is InChI=1S/C18H19Cl2N3O3/c1-23(10-17(24)21-14-5-3-4-12(19)8-14)11-18(25)22-15-9-13(20)6-7-16(15)26-2/h3-9H,10-11H2,1-2H3,(H,21,24)(H,22,25). The Bertz CT molecular complexity index is 799. The van der Waals surface area contributed by atoms with Gasteiger partial charge in [0.1, 0.15) is 5.75 Å². The molecule has 2 amide bonds. The smallest absolute Gasteiger partial charge is 0.238 e. The van der Waals surface area contributed by atoms with Gasteiger partial charge in [-0.05, 0) is 43.4 Å². The van der Waals surface area contributed by atoms with E-state index in [0.717, 1.165) is 0 Å². The van der Waals surface area contributed by atoms with E-state index in [1.54, 1.807) is 54.4 Å². The molecule has 8 heteroatoms. The second-order valence-electron chi connectivity index (χ2n) is 5.62. The average Bonchev–Trinajstić information content (AvgIpc) is 2.54. The number of benzene rings is 2. The van der Waals surface area contributed by atoms with Crippen LogP contribution < -0.4 is 15.4 Å². The van der Waals surface area contributed by atoms with Crippen molar-refractivity contribution in [1.29, 1.82) is 0 Å². The summed E-state index contributed by atoms with van der Waals surface area (Å²) in [6.45, 7) is 0.0747. The first kappa shape index (κ1) is 20.0. The first-order valence-corrected chi connectivity index (χ1v) is 8.50. The molecule has 2 rings (SSSR count). The van der Waals surface area contributed by atoms with Crippen LogP contribution in [0.4, 0.5) is 11.4 Å². The summed E-state index contributed by atoms with van der Waals surface area (Å²) < 4.78 is 5.18. The molecule has 0 unspecified atom stereocenters. The van der Waals surface area contributed by atoms with E-state index in [1.165, 1.54) is 7.11 Å². The maximum atomic E-state index is 12.2. The Kier molecular flexibility index (Phi) is 7.26. The lowest BCUT2D eigenvalue weighted by molar-refractivity contribution is -0.119. The lowest BCUT2D eigenvalue weighted by atomic mass is 10.3. The van der Waals surface area contributed by atoms with Gasteiger partial charge in [0.05, 0.1) is 25.9 Å². The summed E-state index contributed by atoms with van der Waals surface area (Å²) in [4.78, 5) is 25.8. The van der Waals surface area contributed by atoms with Gasteiger partial charge >= 0.3 is 0 Å². The summed E-state index contributed by atoms with van der Waals surface area (Å²) in [6, 6.07) is 11.8. The Morgan fingerprint density at radius 2 is 1.65 bits per heavy atom. The van der Waals surface area contributed by atoms with E-state index in [2.05, 4.69) is 10.6 Å². The van der Waals surface area contributed by atoms with Gasteiger partial charge in [-0.3, -0.25) is 14.5 Å². The van der Waals surface area contributed by atoms with E-state index < -0.39 is 0 Å². The van der Waals surface area contributed by atoms with Gasteiger partial charge in [-0.1, -0.05) is 29.3 Å². The zero-order valence-corrected chi connectivity index (χ0v) is 15.9. The van der Waals surface area contributed by atoms with Gasteiger partial charge in [0.25, 0.3) is 0 Å². The number of hydrogen-bond donors (Lipinski definition) is 2. The normalized spacial score (nSPS) is 10.5. The summed E-state index contributed by atoms with van der Waals surface area (Å²) in [5.74, 6) is -0.0318. The third-order valence-electron chi connectivity index (χ3n) is 3.37. The molecule has 0 heterocycles. The van der Waals surface area contributed by atoms with E-state index in [9.17, 15) is 9.59 Å². The van der Waals surface area contributed by atoms with Crippen molar-refractivity contribution < 1.29 is 14.3 Å². The molecule has 0 saturated heterocycles. The monoisotopic (exact) mass is 395 g/mol. The van der Waals surface area contributed by atoms with Crippen LogP contribution in [0.1, 0.15) is 0 Å². The molecule has 0 fully saturated rings. The van der Waals surface area contributed by atoms with Crippen molar-refractivity contribution in [1.82, 2.24) is 4.90 Å². The number of hydrogen-bond acceptors (Lipinski definition) is 4. The fraction of sp³-hybridized carbons (Fsp3) is 0.222. The number of rotatable bonds is 7. The van der Waals surface area contributed by atoms with Gasteiger partial charge < -0.3 is 15.4 Å². The van der Waals surface area contributed by atoms with Crippen LogP contribution in [0, 0.1) is 0 Å². The number of carbonyl (C=O) groups excluding carboxylic acids is 2. The van der Waals surface area contributed by atoms with E-state index in [0.29, 0.717) is 27.2 Å². The number of nitrogens with one attached hydrogen (secondary N) is 2. The zero-order valence-electron chi connectivity index (χ0n) is 14.4. The minimum atomic E-state index is -0.288. The van der Waals surface area contributed by atoms with Gasteiger partial charge in [0.15, 0.2) is 0 Å². The number of likely N-dealkylation sites (N-methyl/N-ethyl adjacent to an activating group) is 1. The molecule has 0 atom stereocenters. The number of amides is 2. The van der Waals surface area contributed by atoms with Crippen LogP contribution in [0.2, 0.25) is 10.0 Å². The van der Waals surface area contributed by atoms with Crippen molar-refractivity contribution in [3.8, 4) is 5.75 Å². The molecule has 0 radical (unpaired) electrons. The Labute approximate surface area is 162 Å². The lowest BCUT2D eigenvalue weighted by Crippen LogP contribution is -2.36. The third-order valence-corrected chi connectivity index (χ3v) is 3.84. The summed E-state index contributed by atoms with van der Waals surface area (Å²) in [5, 5.41) is 6.47. The van der Waals surface area contributed by atoms with Crippen LogP contribution >= 0.6 is 23.2 Å². The number of ether oxygens (including phenoxy) is 1. The predicted molar refractivity (Wildman–Crippen MR) is 104 cm³/mol. The summed E-state index contributed by atoms with van der Waals surface area (Å²) in [7, 11) is 3.18. The number of methoxy groups -OCH3 is 1. The highest BCUT2D eigenvalue weighted by Crippen LogP contribution is 2.27. The maximum Gasteiger partial charge on any atom is 0.238 e. The van der Waals surface area contributed by atoms with Crippen LogP contribution in [0.15, 0.2) is 42.5 Å². The molecule has 0 aliphatic carbocycles. The SMILES string of the molecule is COc1ccc(Cl)cc1NC(=O)CN(C)CC(=O)Nc1cccc(Cl)c1. The van der Waals surface area contributed by atoms with Gasteiger partial charge in [-0.25, -0.2) is 0 Å². The van der Waals surface area contributed by atoms with E-state index in [-0.39, 0.29) is 24.9 Å². The minimum absolute atomic E-state index is 0.0264. The fourth-order valence-electron chi connectivity index (χ4n) is 2.28. The van der Waals surface area contributed by atoms with E-state index in [4.69, 9.17) is 27.9 Å². The first-order chi connectivity index (χ1) is 12.4. The Morgan fingerprint density at radius 3 is 2.31 bits per heavy atom. The Balaban J connectivity index is 1.87. The van der Waals surface area contributed by atoms with Gasteiger partial charge in [-0.15, -0.1) is 0 Å². The number of anilines is 2.